The summed E-state index contributed by atoms with van der Waals surface area (Å²) < 4.78 is 13.5. The summed E-state index contributed by atoms with van der Waals surface area (Å²) in [7, 11) is 0. The Morgan fingerprint density at radius 1 is 1.29 bits per heavy atom. The van der Waals surface area contributed by atoms with Crippen LogP contribution in [0.1, 0.15) is 38.8 Å². The zero-order chi connectivity index (χ0) is 16.0. The number of halogens is 3. The van der Waals surface area contributed by atoms with Gasteiger partial charge in [0.15, 0.2) is 0 Å². The molecule has 3 nitrogen and oxygen atoms in total. The van der Waals surface area contributed by atoms with Crippen LogP contribution in [0.15, 0.2) is 12.1 Å². The van der Waals surface area contributed by atoms with Gasteiger partial charge in [0.25, 0.3) is 0 Å². The highest BCUT2D eigenvalue weighted by Gasteiger charge is 2.14. The first kappa shape index (κ1) is 18.2. The minimum atomic E-state index is -0.496. The van der Waals surface area contributed by atoms with E-state index in [2.05, 4.69) is 5.32 Å². The van der Waals surface area contributed by atoms with Gasteiger partial charge in [-0.05, 0) is 38.5 Å². The Labute approximate surface area is 135 Å². The maximum atomic E-state index is 13.5. The zero-order valence-electron chi connectivity index (χ0n) is 12.5. The van der Waals surface area contributed by atoms with Crippen LogP contribution in [0.5, 0.6) is 0 Å². The van der Waals surface area contributed by atoms with Crippen molar-refractivity contribution >= 4 is 29.1 Å². The minimum Gasteiger partial charge on any atom is -0.343 e. The Balaban J connectivity index is 2.57. The van der Waals surface area contributed by atoms with Gasteiger partial charge in [-0.2, -0.15) is 0 Å². The smallest absolute Gasteiger partial charge is 0.223 e. The molecule has 0 aliphatic rings. The van der Waals surface area contributed by atoms with Crippen molar-refractivity contribution in [1.82, 2.24) is 10.2 Å². The molecule has 0 radical (unpaired) electrons. The Hall–Kier alpha value is -0.840. The van der Waals surface area contributed by atoms with Crippen LogP contribution in [-0.2, 0) is 4.79 Å². The summed E-state index contributed by atoms with van der Waals surface area (Å²) in [5.41, 5.74) is 0.633. The zero-order valence-corrected chi connectivity index (χ0v) is 14.1. The highest BCUT2D eigenvalue weighted by atomic mass is 35.5. The fourth-order valence-corrected chi connectivity index (χ4v) is 2.66. The van der Waals surface area contributed by atoms with Crippen LogP contribution in [0.2, 0.25) is 10.0 Å². The molecule has 21 heavy (non-hydrogen) atoms. The molecule has 1 unspecified atom stereocenters. The second-order valence-electron chi connectivity index (χ2n) is 4.78. The van der Waals surface area contributed by atoms with Crippen LogP contribution in [0.25, 0.3) is 0 Å². The van der Waals surface area contributed by atoms with Gasteiger partial charge in [-0.3, -0.25) is 4.79 Å². The maximum absolute atomic E-state index is 13.5. The molecule has 0 aliphatic heterocycles. The fraction of sp³-hybridized carbons (Fsp3) is 0.533. The molecule has 0 spiro atoms. The second kappa shape index (κ2) is 8.57. The first-order valence-electron chi connectivity index (χ1n) is 7.06. The molecule has 0 heterocycles. The molecule has 118 valence electrons. The van der Waals surface area contributed by atoms with Gasteiger partial charge in [0, 0.05) is 37.1 Å². The number of hydrogen-bond donors (Lipinski definition) is 1. The number of carbonyl (C=O) groups is 1. The monoisotopic (exact) mass is 334 g/mol. The van der Waals surface area contributed by atoms with Gasteiger partial charge in [0.2, 0.25) is 5.91 Å². The van der Waals surface area contributed by atoms with Crippen molar-refractivity contribution in [2.45, 2.75) is 33.2 Å². The highest BCUT2D eigenvalue weighted by molar-refractivity contribution is 6.35. The number of rotatable bonds is 7. The lowest BCUT2D eigenvalue weighted by Crippen LogP contribution is -2.33. The lowest BCUT2D eigenvalue weighted by Gasteiger charge is -2.20. The van der Waals surface area contributed by atoms with Crippen LogP contribution in [-0.4, -0.2) is 30.4 Å². The molecule has 1 aromatic rings. The average Bonchev–Trinajstić information content (AvgIpc) is 2.44. The normalized spacial score (nSPS) is 12.3. The SMILES string of the molecule is CCN(CC)C(=O)CCNC(C)c1cc(F)c(Cl)cc1Cl. The quantitative estimate of drug-likeness (QED) is 0.763. The first-order valence-corrected chi connectivity index (χ1v) is 7.81. The van der Waals surface area contributed by atoms with Crippen molar-refractivity contribution in [2.24, 2.45) is 0 Å². The van der Waals surface area contributed by atoms with Crippen molar-refractivity contribution in [3.8, 4) is 0 Å². The summed E-state index contributed by atoms with van der Waals surface area (Å²) in [5, 5.41) is 3.60. The topological polar surface area (TPSA) is 32.3 Å². The van der Waals surface area contributed by atoms with E-state index >= 15 is 0 Å². The third-order valence-corrected chi connectivity index (χ3v) is 4.03. The largest absolute Gasteiger partial charge is 0.343 e. The summed E-state index contributed by atoms with van der Waals surface area (Å²) in [6.07, 6.45) is 0.402. The van der Waals surface area contributed by atoms with Crippen LogP contribution < -0.4 is 5.32 Å². The van der Waals surface area contributed by atoms with Crippen LogP contribution in [0.3, 0.4) is 0 Å². The van der Waals surface area contributed by atoms with E-state index in [1.54, 1.807) is 4.90 Å². The molecule has 1 aromatic carbocycles. The third kappa shape index (κ3) is 5.13. The molecule has 0 bridgehead atoms. The van der Waals surface area contributed by atoms with Crippen LogP contribution in [0, 0.1) is 5.82 Å². The summed E-state index contributed by atoms with van der Waals surface area (Å²) in [6, 6.07) is 2.57. The summed E-state index contributed by atoms with van der Waals surface area (Å²) in [5.74, 6) is -0.392. The van der Waals surface area contributed by atoms with Crippen LogP contribution >= 0.6 is 23.2 Å². The average molecular weight is 335 g/mol. The molecule has 0 saturated heterocycles. The first-order chi connectivity index (χ1) is 9.90. The van der Waals surface area contributed by atoms with E-state index < -0.39 is 5.82 Å². The predicted molar refractivity (Wildman–Crippen MR) is 85.4 cm³/mol. The van der Waals surface area contributed by atoms with E-state index in [1.807, 2.05) is 20.8 Å². The number of benzene rings is 1. The molecule has 1 amide bonds. The van der Waals surface area contributed by atoms with Gasteiger partial charge in [0.05, 0.1) is 5.02 Å². The number of hydrogen-bond acceptors (Lipinski definition) is 2. The van der Waals surface area contributed by atoms with E-state index in [9.17, 15) is 9.18 Å². The molecule has 6 heteroatoms. The van der Waals surface area contributed by atoms with Gasteiger partial charge < -0.3 is 10.2 Å². The van der Waals surface area contributed by atoms with Gasteiger partial charge in [0.1, 0.15) is 5.82 Å². The van der Waals surface area contributed by atoms with Gasteiger partial charge >= 0.3 is 0 Å². The fourth-order valence-electron chi connectivity index (χ4n) is 2.11. The standard InChI is InChI=1S/C15H21Cl2FN2O/c1-4-20(5-2)15(21)6-7-19-10(3)11-8-14(18)13(17)9-12(11)16/h8-10,19H,4-7H2,1-3H3. The lowest BCUT2D eigenvalue weighted by atomic mass is 10.1. The molecular formula is C15H21Cl2FN2O. The molecule has 1 rings (SSSR count). The number of amides is 1. The third-order valence-electron chi connectivity index (χ3n) is 3.41. The summed E-state index contributed by atoms with van der Waals surface area (Å²) in [6.45, 7) is 7.70. The molecule has 0 fully saturated rings. The Morgan fingerprint density at radius 3 is 2.48 bits per heavy atom. The van der Waals surface area contributed by atoms with Crippen molar-refractivity contribution < 1.29 is 9.18 Å². The van der Waals surface area contributed by atoms with E-state index in [1.165, 1.54) is 12.1 Å². The van der Waals surface area contributed by atoms with E-state index in [0.29, 0.717) is 36.6 Å². The minimum absolute atomic E-state index is 0.00709. The molecule has 0 aromatic heterocycles. The summed E-state index contributed by atoms with van der Waals surface area (Å²) >= 11 is 11.7. The number of nitrogens with one attached hydrogen (secondary N) is 1. The molecule has 1 atom stereocenters. The van der Waals surface area contributed by atoms with Crippen molar-refractivity contribution in [3.63, 3.8) is 0 Å². The second-order valence-corrected chi connectivity index (χ2v) is 5.59. The van der Waals surface area contributed by atoms with E-state index in [-0.39, 0.29) is 17.0 Å². The Bertz CT molecular complexity index is 493. The molecule has 0 saturated carbocycles. The summed E-state index contributed by atoms with van der Waals surface area (Å²) in [4.78, 5) is 13.7. The van der Waals surface area contributed by atoms with Crippen molar-refractivity contribution in [3.05, 3.63) is 33.6 Å². The number of nitrogens with zero attached hydrogens (tertiary/aromatic N) is 1. The Kier molecular flexibility index (Phi) is 7.43. The van der Waals surface area contributed by atoms with E-state index in [4.69, 9.17) is 23.2 Å². The molecule has 1 N–H and O–H groups in total. The van der Waals surface area contributed by atoms with Crippen molar-refractivity contribution in [2.75, 3.05) is 19.6 Å². The van der Waals surface area contributed by atoms with Gasteiger partial charge in [-0.15, -0.1) is 0 Å². The lowest BCUT2D eigenvalue weighted by molar-refractivity contribution is -0.130. The van der Waals surface area contributed by atoms with Gasteiger partial charge in [-0.1, -0.05) is 23.2 Å². The van der Waals surface area contributed by atoms with E-state index in [0.717, 1.165) is 0 Å². The Morgan fingerprint density at radius 2 is 1.90 bits per heavy atom. The highest BCUT2D eigenvalue weighted by Crippen LogP contribution is 2.28. The molecule has 0 aliphatic carbocycles. The van der Waals surface area contributed by atoms with Gasteiger partial charge in [-0.25, -0.2) is 4.39 Å². The predicted octanol–water partition coefficient (Wildman–Crippen LogP) is 4.04. The maximum Gasteiger partial charge on any atom is 0.223 e. The van der Waals surface area contributed by atoms with Crippen LogP contribution in [0.4, 0.5) is 4.39 Å². The van der Waals surface area contributed by atoms with Crippen molar-refractivity contribution in [1.29, 1.82) is 0 Å². The molecular weight excluding hydrogens is 314 g/mol. The number of carbonyl (C=O) groups excluding carboxylic acids is 1.